The Labute approximate surface area is 100 Å². The van der Waals surface area contributed by atoms with Crippen molar-refractivity contribution in [1.82, 2.24) is 9.78 Å². The third-order valence-corrected chi connectivity index (χ3v) is 2.94. The zero-order chi connectivity index (χ0) is 11.7. The largest absolute Gasteiger partial charge is 0.267 e. The van der Waals surface area contributed by atoms with Crippen LogP contribution in [0.25, 0.3) is 5.69 Å². The zero-order valence-electron chi connectivity index (χ0n) is 8.49. The predicted molar refractivity (Wildman–Crippen MR) is 61.0 cm³/mol. The van der Waals surface area contributed by atoms with E-state index >= 15 is 0 Å². The van der Waals surface area contributed by atoms with Gasteiger partial charge in [0.15, 0.2) is 0 Å². The summed E-state index contributed by atoms with van der Waals surface area (Å²) in [5, 5.41) is 4.07. The van der Waals surface area contributed by atoms with Gasteiger partial charge in [0.25, 0.3) is 6.43 Å². The molecule has 2 rings (SSSR count). The lowest BCUT2D eigenvalue weighted by Crippen LogP contribution is -1.95. The zero-order valence-corrected chi connectivity index (χ0v) is 10.1. The predicted octanol–water partition coefficient (Wildman–Crippen LogP) is 3.88. The highest BCUT2D eigenvalue weighted by Crippen LogP contribution is 2.25. The first-order valence-electron chi connectivity index (χ1n) is 4.69. The van der Waals surface area contributed by atoms with E-state index in [1.54, 1.807) is 6.92 Å². The summed E-state index contributed by atoms with van der Waals surface area (Å²) >= 11 is 3.36. The molecule has 0 bridgehead atoms. The van der Waals surface area contributed by atoms with Crippen LogP contribution in [0.3, 0.4) is 0 Å². The Morgan fingerprint density at radius 2 is 2.00 bits per heavy atom. The average molecular weight is 287 g/mol. The smallest absolute Gasteiger partial charge is 0.239 e. The van der Waals surface area contributed by atoms with E-state index < -0.39 is 6.43 Å². The molecule has 0 atom stereocenters. The number of benzene rings is 1. The Bertz CT molecular complexity index is 508. The highest BCUT2D eigenvalue weighted by Gasteiger charge is 2.15. The van der Waals surface area contributed by atoms with Gasteiger partial charge in [0.2, 0.25) is 0 Å². The molecule has 0 aliphatic rings. The third-order valence-electron chi connectivity index (χ3n) is 2.27. The van der Waals surface area contributed by atoms with Crippen molar-refractivity contribution in [2.24, 2.45) is 0 Å². The van der Waals surface area contributed by atoms with E-state index in [0.717, 1.165) is 10.2 Å². The average Bonchev–Trinajstić information content (AvgIpc) is 2.61. The molecule has 1 aromatic heterocycles. The van der Waals surface area contributed by atoms with Gasteiger partial charge in [0.05, 0.1) is 16.9 Å². The van der Waals surface area contributed by atoms with E-state index in [-0.39, 0.29) is 5.56 Å². The number of aromatic nitrogens is 2. The van der Waals surface area contributed by atoms with E-state index in [4.69, 9.17) is 0 Å². The van der Waals surface area contributed by atoms with Crippen molar-refractivity contribution >= 4 is 15.9 Å². The second-order valence-corrected chi connectivity index (χ2v) is 4.22. The van der Waals surface area contributed by atoms with Gasteiger partial charge in [-0.3, -0.25) is 0 Å². The van der Waals surface area contributed by atoms with E-state index in [1.807, 2.05) is 24.3 Å². The van der Waals surface area contributed by atoms with Crippen LogP contribution in [0.15, 0.2) is 34.9 Å². The Morgan fingerprint density at radius 1 is 1.31 bits per heavy atom. The number of hydrogen-bond acceptors (Lipinski definition) is 1. The van der Waals surface area contributed by atoms with Gasteiger partial charge in [-0.1, -0.05) is 12.1 Å². The molecule has 0 unspecified atom stereocenters. The van der Waals surface area contributed by atoms with Crippen molar-refractivity contribution in [1.29, 1.82) is 0 Å². The van der Waals surface area contributed by atoms with Crippen molar-refractivity contribution in [3.8, 4) is 5.69 Å². The molecule has 0 aliphatic heterocycles. The first kappa shape index (κ1) is 11.3. The quantitative estimate of drug-likeness (QED) is 0.819. The summed E-state index contributed by atoms with van der Waals surface area (Å²) in [7, 11) is 0. The number of alkyl halides is 2. The van der Waals surface area contributed by atoms with Crippen molar-refractivity contribution in [2.45, 2.75) is 13.3 Å². The van der Waals surface area contributed by atoms with Crippen molar-refractivity contribution in [3.63, 3.8) is 0 Å². The monoisotopic (exact) mass is 286 g/mol. The van der Waals surface area contributed by atoms with Crippen LogP contribution in [-0.4, -0.2) is 9.78 Å². The van der Waals surface area contributed by atoms with Crippen LogP contribution >= 0.6 is 15.9 Å². The highest BCUT2D eigenvalue weighted by atomic mass is 79.9. The van der Waals surface area contributed by atoms with Crippen LogP contribution in [0.4, 0.5) is 8.78 Å². The molecule has 0 fully saturated rings. The molecule has 0 amide bonds. The Morgan fingerprint density at radius 3 is 2.56 bits per heavy atom. The maximum absolute atomic E-state index is 12.6. The number of para-hydroxylation sites is 1. The third kappa shape index (κ3) is 2.00. The Balaban J connectivity index is 2.50. The molecule has 0 radical (unpaired) electrons. The molecule has 5 heteroatoms. The van der Waals surface area contributed by atoms with E-state index in [1.165, 1.54) is 10.9 Å². The number of hydrogen-bond donors (Lipinski definition) is 0. The van der Waals surface area contributed by atoms with Crippen LogP contribution in [-0.2, 0) is 0 Å². The van der Waals surface area contributed by atoms with E-state index in [9.17, 15) is 8.78 Å². The second kappa shape index (κ2) is 4.33. The molecule has 16 heavy (non-hydrogen) atoms. The van der Waals surface area contributed by atoms with Gasteiger partial charge >= 0.3 is 0 Å². The molecule has 84 valence electrons. The number of halogens is 3. The lowest BCUT2D eigenvalue weighted by atomic mass is 10.3. The topological polar surface area (TPSA) is 17.8 Å². The molecule has 2 aromatic rings. The maximum Gasteiger partial charge on any atom is 0.267 e. The minimum Gasteiger partial charge on any atom is -0.239 e. The number of rotatable bonds is 2. The molecule has 0 N–H and O–H groups in total. The van der Waals surface area contributed by atoms with Gasteiger partial charge in [-0.2, -0.15) is 5.10 Å². The van der Waals surface area contributed by atoms with Gasteiger partial charge in [-0.25, -0.2) is 13.5 Å². The van der Waals surface area contributed by atoms with Crippen LogP contribution in [0.5, 0.6) is 0 Å². The van der Waals surface area contributed by atoms with Crippen LogP contribution in [0.2, 0.25) is 0 Å². The lowest BCUT2D eigenvalue weighted by molar-refractivity contribution is 0.150. The van der Waals surface area contributed by atoms with Gasteiger partial charge < -0.3 is 0 Å². The number of nitrogens with zero attached hydrogens (tertiary/aromatic N) is 2. The summed E-state index contributed by atoms with van der Waals surface area (Å²) < 4.78 is 27.5. The van der Waals surface area contributed by atoms with Crippen molar-refractivity contribution in [3.05, 3.63) is 46.2 Å². The standard InChI is InChI=1S/C11H9BrF2N2/c1-7-8(11(13)14)6-16(15-7)10-5-3-2-4-9(10)12/h2-6,11H,1H3. The molecular formula is C11H9BrF2N2. The summed E-state index contributed by atoms with van der Waals surface area (Å²) in [6, 6.07) is 7.34. The summed E-state index contributed by atoms with van der Waals surface area (Å²) in [4.78, 5) is 0. The molecule has 1 aromatic carbocycles. The minimum absolute atomic E-state index is 0.0317. The van der Waals surface area contributed by atoms with Crippen LogP contribution < -0.4 is 0 Å². The van der Waals surface area contributed by atoms with Crippen molar-refractivity contribution < 1.29 is 8.78 Å². The summed E-state index contributed by atoms with van der Waals surface area (Å²) in [5.41, 5.74) is 1.07. The van der Waals surface area contributed by atoms with Gasteiger partial charge in [0.1, 0.15) is 0 Å². The molecular weight excluding hydrogens is 278 g/mol. The molecule has 1 heterocycles. The Kier molecular flexibility index (Phi) is 3.05. The fourth-order valence-corrected chi connectivity index (χ4v) is 1.92. The summed E-state index contributed by atoms with van der Waals surface area (Å²) in [5.74, 6) is 0. The molecule has 0 spiro atoms. The summed E-state index contributed by atoms with van der Waals surface area (Å²) in [6.07, 6.45) is -1.13. The number of aryl methyl sites for hydroxylation is 1. The maximum atomic E-state index is 12.6. The SMILES string of the molecule is Cc1nn(-c2ccccc2Br)cc1C(F)F. The molecule has 0 aliphatic carbocycles. The normalized spacial score (nSPS) is 11.1. The van der Waals surface area contributed by atoms with Gasteiger partial charge in [0, 0.05) is 10.7 Å². The molecule has 2 nitrogen and oxygen atoms in total. The van der Waals surface area contributed by atoms with E-state index in [2.05, 4.69) is 21.0 Å². The second-order valence-electron chi connectivity index (χ2n) is 3.37. The van der Waals surface area contributed by atoms with E-state index in [0.29, 0.717) is 5.69 Å². The summed E-state index contributed by atoms with van der Waals surface area (Å²) in [6.45, 7) is 1.58. The molecule has 0 saturated heterocycles. The first-order valence-corrected chi connectivity index (χ1v) is 5.48. The lowest BCUT2D eigenvalue weighted by Gasteiger charge is -2.02. The van der Waals surface area contributed by atoms with Crippen molar-refractivity contribution in [2.75, 3.05) is 0 Å². The van der Waals surface area contributed by atoms with Crippen LogP contribution in [0.1, 0.15) is 17.7 Å². The Hall–Kier alpha value is -1.23. The van der Waals surface area contributed by atoms with Crippen LogP contribution in [0, 0.1) is 6.92 Å². The highest BCUT2D eigenvalue weighted by molar-refractivity contribution is 9.10. The minimum atomic E-state index is -2.49. The van der Waals surface area contributed by atoms with Gasteiger partial charge in [-0.15, -0.1) is 0 Å². The molecule has 0 saturated carbocycles. The fourth-order valence-electron chi connectivity index (χ4n) is 1.45. The van der Waals surface area contributed by atoms with Gasteiger partial charge in [-0.05, 0) is 35.0 Å². The first-order chi connectivity index (χ1) is 7.59. The fraction of sp³-hybridized carbons (Fsp3) is 0.182.